The van der Waals surface area contributed by atoms with Crippen LogP contribution in [0.3, 0.4) is 0 Å². The van der Waals surface area contributed by atoms with Gasteiger partial charge in [-0.15, -0.1) is 12.4 Å². The third kappa shape index (κ3) is 7.12. The highest BCUT2D eigenvalue weighted by Gasteiger charge is 2.13. The van der Waals surface area contributed by atoms with Crippen LogP contribution >= 0.6 is 12.4 Å². The van der Waals surface area contributed by atoms with Crippen LogP contribution < -0.4 is 5.32 Å². The number of piperidine rings is 1. The maximum atomic E-state index is 9.75. The summed E-state index contributed by atoms with van der Waals surface area (Å²) in [6.45, 7) is 7.25. The molecule has 1 aliphatic heterocycles. The van der Waals surface area contributed by atoms with Crippen molar-refractivity contribution >= 4 is 12.4 Å². The summed E-state index contributed by atoms with van der Waals surface area (Å²) < 4.78 is 0. The van der Waals surface area contributed by atoms with Crippen molar-refractivity contribution in [3.8, 4) is 0 Å². The predicted molar refractivity (Wildman–Crippen MR) is 66.7 cm³/mol. The molecule has 0 aromatic carbocycles. The lowest BCUT2D eigenvalue weighted by molar-refractivity contribution is 0.0949. The Morgan fingerprint density at radius 1 is 1.27 bits per heavy atom. The molecule has 1 rings (SSSR count). The topological polar surface area (TPSA) is 35.5 Å². The molecule has 1 saturated heterocycles. The molecule has 0 spiro atoms. The van der Waals surface area contributed by atoms with Crippen LogP contribution in [0, 0.1) is 0 Å². The molecule has 4 heteroatoms. The van der Waals surface area contributed by atoms with Crippen molar-refractivity contribution in [2.24, 2.45) is 0 Å². The van der Waals surface area contributed by atoms with E-state index in [0.29, 0.717) is 0 Å². The molecule has 0 radical (unpaired) electrons. The van der Waals surface area contributed by atoms with Crippen molar-refractivity contribution in [2.75, 3.05) is 32.7 Å². The zero-order valence-electron chi connectivity index (χ0n) is 9.74. The first-order chi connectivity index (χ1) is 6.83. The van der Waals surface area contributed by atoms with Gasteiger partial charge in [0.1, 0.15) is 0 Å². The van der Waals surface area contributed by atoms with Crippen molar-refractivity contribution in [1.29, 1.82) is 0 Å². The molecule has 1 fully saturated rings. The summed E-state index contributed by atoms with van der Waals surface area (Å²) in [5.74, 6) is 0. The summed E-state index contributed by atoms with van der Waals surface area (Å²) >= 11 is 0. The highest BCUT2D eigenvalue weighted by Crippen LogP contribution is 2.09. The van der Waals surface area contributed by atoms with Gasteiger partial charge >= 0.3 is 0 Å². The van der Waals surface area contributed by atoms with E-state index in [1.54, 1.807) is 0 Å². The van der Waals surface area contributed by atoms with Crippen LogP contribution in [0.4, 0.5) is 0 Å². The van der Waals surface area contributed by atoms with E-state index in [2.05, 4.69) is 17.1 Å². The van der Waals surface area contributed by atoms with Crippen LogP contribution in [0.15, 0.2) is 0 Å². The Morgan fingerprint density at radius 3 is 2.53 bits per heavy atom. The van der Waals surface area contributed by atoms with Gasteiger partial charge in [0.05, 0.1) is 6.10 Å². The molecule has 0 aliphatic carbocycles. The lowest BCUT2D eigenvalue weighted by Crippen LogP contribution is -2.37. The van der Waals surface area contributed by atoms with Gasteiger partial charge < -0.3 is 15.3 Å². The Morgan fingerprint density at radius 2 is 1.93 bits per heavy atom. The third-order valence-electron chi connectivity index (χ3n) is 2.82. The first-order valence-electron chi connectivity index (χ1n) is 5.94. The van der Waals surface area contributed by atoms with Gasteiger partial charge in [-0.3, -0.25) is 0 Å². The minimum atomic E-state index is -0.146. The van der Waals surface area contributed by atoms with Gasteiger partial charge in [-0.1, -0.05) is 13.3 Å². The Hall–Kier alpha value is 0.170. The molecule has 1 heterocycles. The number of halogens is 1. The van der Waals surface area contributed by atoms with Gasteiger partial charge in [-0.2, -0.15) is 0 Å². The van der Waals surface area contributed by atoms with E-state index < -0.39 is 0 Å². The van der Waals surface area contributed by atoms with Crippen molar-refractivity contribution in [3.05, 3.63) is 0 Å². The minimum Gasteiger partial charge on any atom is -0.392 e. The van der Waals surface area contributed by atoms with E-state index in [-0.39, 0.29) is 18.5 Å². The highest BCUT2D eigenvalue weighted by molar-refractivity contribution is 5.85. The predicted octanol–water partition coefficient (Wildman–Crippen LogP) is 1.25. The van der Waals surface area contributed by atoms with Gasteiger partial charge in [0.2, 0.25) is 0 Å². The van der Waals surface area contributed by atoms with Crippen molar-refractivity contribution in [2.45, 2.75) is 38.7 Å². The lowest BCUT2D eigenvalue weighted by Gasteiger charge is -2.28. The summed E-state index contributed by atoms with van der Waals surface area (Å²) in [4.78, 5) is 2.39. The summed E-state index contributed by atoms with van der Waals surface area (Å²) in [5.41, 5.74) is 0. The number of likely N-dealkylation sites (tertiary alicyclic amines) is 1. The van der Waals surface area contributed by atoms with Gasteiger partial charge in [-0.05, 0) is 45.4 Å². The fourth-order valence-electron chi connectivity index (χ4n) is 1.98. The molecule has 1 aliphatic rings. The summed E-state index contributed by atoms with van der Waals surface area (Å²) in [6, 6.07) is 0. The van der Waals surface area contributed by atoms with Crippen LogP contribution in [-0.2, 0) is 0 Å². The average Bonchev–Trinajstić information content (AvgIpc) is 2.20. The van der Waals surface area contributed by atoms with Gasteiger partial charge in [0.25, 0.3) is 0 Å². The molecule has 0 amide bonds. The van der Waals surface area contributed by atoms with Crippen molar-refractivity contribution in [1.82, 2.24) is 10.2 Å². The maximum absolute atomic E-state index is 9.75. The quantitative estimate of drug-likeness (QED) is 0.682. The van der Waals surface area contributed by atoms with Gasteiger partial charge in [0.15, 0.2) is 0 Å². The number of nitrogens with one attached hydrogen (secondary N) is 1. The largest absolute Gasteiger partial charge is 0.392 e. The zero-order valence-corrected chi connectivity index (χ0v) is 10.6. The second kappa shape index (κ2) is 9.40. The Kier molecular flexibility index (Phi) is 9.51. The molecule has 0 bridgehead atoms. The third-order valence-corrected chi connectivity index (χ3v) is 2.82. The summed E-state index contributed by atoms with van der Waals surface area (Å²) in [6.07, 6.45) is 4.71. The summed E-state index contributed by atoms with van der Waals surface area (Å²) in [5, 5.41) is 13.0. The molecule has 1 unspecified atom stereocenters. The van der Waals surface area contributed by atoms with Crippen LogP contribution in [0.2, 0.25) is 0 Å². The van der Waals surface area contributed by atoms with Crippen molar-refractivity contribution in [3.63, 3.8) is 0 Å². The SMILES string of the molecule is CCNCCC(O)CN1CCCCC1.Cl. The number of aliphatic hydroxyl groups is 1. The van der Waals surface area contributed by atoms with E-state index in [4.69, 9.17) is 0 Å². The van der Waals surface area contributed by atoms with Crippen LogP contribution in [0.25, 0.3) is 0 Å². The summed E-state index contributed by atoms with van der Waals surface area (Å²) in [7, 11) is 0. The molecule has 3 nitrogen and oxygen atoms in total. The minimum absolute atomic E-state index is 0. The van der Waals surface area contributed by atoms with Crippen molar-refractivity contribution < 1.29 is 5.11 Å². The van der Waals surface area contributed by atoms with Crippen LogP contribution in [-0.4, -0.2) is 48.8 Å². The lowest BCUT2D eigenvalue weighted by atomic mass is 10.1. The van der Waals surface area contributed by atoms with E-state index in [0.717, 1.165) is 26.1 Å². The standard InChI is InChI=1S/C11H24N2O.ClH/c1-2-12-7-6-11(14)10-13-8-4-3-5-9-13;/h11-12,14H,2-10H2,1H3;1H. The fourth-order valence-corrected chi connectivity index (χ4v) is 1.98. The average molecular weight is 237 g/mol. The molecule has 1 atom stereocenters. The Bertz CT molecular complexity index is 141. The normalized spacial score (nSPS) is 19.6. The number of β-amino-alcohol motifs (C(OH)–C–C–N with tert-alkyl or cyclic N) is 1. The molecule has 0 aromatic heterocycles. The molecule has 92 valence electrons. The van der Waals surface area contributed by atoms with Crippen LogP contribution in [0.5, 0.6) is 0 Å². The fraction of sp³-hybridized carbons (Fsp3) is 1.00. The van der Waals surface area contributed by atoms with Gasteiger partial charge in [-0.25, -0.2) is 0 Å². The number of hydrogen-bond donors (Lipinski definition) is 2. The number of aliphatic hydroxyl groups excluding tert-OH is 1. The molecular weight excluding hydrogens is 212 g/mol. The first-order valence-corrected chi connectivity index (χ1v) is 5.94. The maximum Gasteiger partial charge on any atom is 0.0679 e. The first kappa shape index (κ1) is 15.2. The van der Waals surface area contributed by atoms with E-state index >= 15 is 0 Å². The molecule has 0 saturated carbocycles. The monoisotopic (exact) mass is 236 g/mol. The zero-order chi connectivity index (χ0) is 10.2. The van der Waals surface area contributed by atoms with Gasteiger partial charge in [0, 0.05) is 6.54 Å². The van der Waals surface area contributed by atoms with E-state index in [1.165, 1.54) is 32.4 Å². The number of nitrogens with zero attached hydrogens (tertiary/aromatic N) is 1. The highest BCUT2D eigenvalue weighted by atomic mass is 35.5. The molecule has 15 heavy (non-hydrogen) atoms. The second-order valence-electron chi connectivity index (χ2n) is 4.16. The smallest absolute Gasteiger partial charge is 0.0679 e. The molecular formula is C11H25ClN2O. The number of hydrogen-bond acceptors (Lipinski definition) is 3. The molecule has 2 N–H and O–H groups in total. The second-order valence-corrected chi connectivity index (χ2v) is 4.16. The molecule has 0 aromatic rings. The Balaban J connectivity index is 0.00000196. The van der Waals surface area contributed by atoms with E-state index in [1.807, 2.05) is 0 Å². The number of rotatable bonds is 6. The van der Waals surface area contributed by atoms with E-state index in [9.17, 15) is 5.11 Å². The van der Waals surface area contributed by atoms with Crippen LogP contribution in [0.1, 0.15) is 32.6 Å². The Labute approximate surface area is 99.6 Å².